The first-order chi connectivity index (χ1) is 24.7. The molecule has 2 aliphatic rings. The normalized spacial score (nSPS) is 26.8. The van der Waals surface area contributed by atoms with Crippen LogP contribution in [0.1, 0.15) is 46.6 Å². The van der Waals surface area contributed by atoms with Crippen molar-refractivity contribution in [3.63, 3.8) is 0 Å². The molecule has 0 bridgehead atoms. The SMILES string of the molecule is CC(CSSC(C)(C)C)C(=O)O[C@H]1[C@@H](O)[C@H](n2cnc3c(N)ncnc32)O[C@@H]1COP(=O)(O)O[C@H]1C[C@H](n2ccc(N)nc2=O)O[C@@H]1COP(=O)(O)O. The minimum absolute atomic E-state index is 0.0575. The van der Waals surface area contributed by atoms with Crippen molar-refractivity contribution in [2.45, 2.75) is 81.8 Å². The number of imidazole rings is 1. The number of aliphatic hydroxyl groups excluding tert-OH is 1. The Morgan fingerprint density at radius 1 is 1.09 bits per heavy atom. The zero-order valence-electron chi connectivity index (χ0n) is 28.7. The highest BCUT2D eigenvalue weighted by Gasteiger charge is 2.50. The maximum Gasteiger partial charge on any atom is 0.472 e. The molecular formula is C27H40N8O14P2S2. The highest BCUT2D eigenvalue weighted by atomic mass is 33.1. The largest absolute Gasteiger partial charge is 0.472 e. The van der Waals surface area contributed by atoms with Crippen LogP contribution in [0.3, 0.4) is 0 Å². The summed E-state index contributed by atoms with van der Waals surface area (Å²) in [6.07, 6.45) is -6.19. The van der Waals surface area contributed by atoms with E-state index in [1.807, 2.05) is 20.8 Å². The van der Waals surface area contributed by atoms with E-state index in [9.17, 15) is 38.5 Å². The molecule has 0 spiro atoms. The number of rotatable bonds is 15. The predicted molar refractivity (Wildman–Crippen MR) is 189 cm³/mol. The fourth-order valence-corrected chi connectivity index (χ4v) is 9.17. The summed E-state index contributed by atoms with van der Waals surface area (Å²) >= 11 is 0. The Bertz CT molecular complexity index is 1930. The number of esters is 1. The summed E-state index contributed by atoms with van der Waals surface area (Å²) in [5.41, 5.74) is 11.0. The summed E-state index contributed by atoms with van der Waals surface area (Å²) in [6, 6.07) is 1.30. The van der Waals surface area contributed by atoms with Gasteiger partial charge in [-0.2, -0.15) is 4.98 Å². The van der Waals surface area contributed by atoms with Crippen molar-refractivity contribution in [1.29, 1.82) is 0 Å². The Morgan fingerprint density at radius 3 is 2.49 bits per heavy atom. The number of fused-ring (bicyclic) bond motifs is 1. The van der Waals surface area contributed by atoms with E-state index in [-0.39, 0.29) is 34.0 Å². The molecule has 0 radical (unpaired) electrons. The number of aliphatic hydroxyl groups is 1. The molecule has 9 atom stereocenters. The van der Waals surface area contributed by atoms with E-state index in [0.29, 0.717) is 5.75 Å². The summed E-state index contributed by atoms with van der Waals surface area (Å²) in [7, 11) is -7.08. The molecule has 294 valence electrons. The molecule has 2 aliphatic heterocycles. The van der Waals surface area contributed by atoms with Gasteiger partial charge in [0.2, 0.25) is 0 Å². The van der Waals surface area contributed by atoms with Crippen LogP contribution in [-0.2, 0) is 41.7 Å². The standard InChI is InChI=1S/C27H40N8O14P2S2/c1-13(10-52-53-27(2,3)4)25(37)48-21-16(47-24(20(21)36)35-12-32-19-22(29)30-11-31-23(19)35)9-45-51(42,43)49-14-7-18(34-6-5-17(28)33-26(34)38)46-15(14)8-44-50(39,40)41/h5-6,11-16,18,20-21,24,36H,7-10H2,1-4H3,(H,42,43)(H2,28,33,38)(H2,29,30,31)(H2,39,40,41)/t13?,14-,15+,16+,18+,20+,21+,24+/m0/s1. The van der Waals surface area contributed by atoms with Gasteiger partial charge in [0.15, 0.2) is 23.8 Å². The van der Waals surface area contributed by atoms with Crippen molar-refractivity contribution in [3.8, 4) is 0 Å². The van der Waals surface area contributed by atoms with Gasteiger partial charge in [-0.1, -0.05) is 49.3 Å². The van der Waals surface area contributed by atoms with Crippen LogP contribution in [0.15, 0.2) is 29.7 Å². The lowest BCUT2D eigenvalue weighted by Gasteiger charge is -2.24. The van der Waals surface area contributed by atoms with Gasteiger partial charge in [0.25, 0.3) is 0 Å². The van der Waals surface area contributed by atoms with Gasteiger partial charge >= 0.3 is 27.3 Å². The predicted octanol–water partition coefficient (Wildman–Crippen LogP) is 1.13. The third-order valence-corrected chi connectivity index (χ3v) is 12.7. The number of nitrogens with two attached hydrogens (primary N) is 2. The van der Waals surface area contributed by atoms with Crippen LogP contribution in [0.4, 0.5) is 11.6 Å². The molecule has 2 unspecified atom stereocenters. The number of anilines is 2. The molecule has 26 heteroatoms. The molecule has 5 rings (SSSR count). The maximum atomic E-state index is 13.4. The summed E-state index contributed by atoms with van der Waals surface area (Å²) in [6.45, 7) is 6.16. The lowest BCUT2D eigenvalue weighted by atomic mass is 10.1. The summed E-state index contributed by atoms with van der Waals surface area (Å²) in [4.78, 5) is 70.8. The highest BCUT2D eigenvalue weighted by Crippen LogP contribution is 2.50. The Hall–Kier alpha value is -2.70. The Morgan fingerprint density at radius 2 is 1.81 bits per heavy atom. The third kappa shape index (κ3) is 10.7. The van der Waals surface area contributed by atoms with Crippen molar-refractivity contribution in [2.24, 2.45) is 5.92 Å². The van der Waals surface area contributed by atoms with Crippen molar-refractivity contribution >= 4 is 66.0 Å². The summed E-state index contributed by atoms with van der Waals surface area (Å²) in [5.74, 6) is -0.939. The average molecular weight is 827 g/mol. The van der Waals surface area contributed by atoms with Crippen molar-refractivity contribution in [3.05, 3.63) is 35.4 Å². The molecule has 0 saturated carbocycles. The average Bonchev–Trinajstić information content (AvgIpc) is 3.74. The smallest absolute Gasteiger partial charge is 0.456 e. The number of hydrogen-bond acceptors (Lipinski definition) is 19. The fourth-order valence-electron chi connectivity index (χ4n) is 5.23. The van der Waals surface area contributed by atoms with Gasteiger partial charge in [0.1, 0.15) is 48.3 Å². The molecule has 3 aromatic rings. The van der Waals surface area contributed by atoms with Gasteiger partial charge < -0.3 is 45.5 Å². The lowest BCUT2D eigenvalue weighted by Crippen LogP contribution is -2.39. The van der Waals surface area contributed by atoms with Gasteiger partial charge in [-0.05, 0) is 6.07 Å². The number of phosphoric ester groups is 2. The van der Waals surface area contributed by atoms with E-state index in [1.165, 1.54) is 40.3 Å². The second-order valence-corrected chi connectivity index (χ2v) is 18.8. The Balaban J connectivity index is 1.33. The van der Waals surface area contributed by atoms with Crippen LogP contribution in [0.25, 0.3) is 11.2 Å². The second kappa shape index (κ2) is 16.6. The van der Waals surface area contributed by atoms with E-state index in [4.69, 9.17) is 34.7 Å². The Kier molecular flexibility index (Phi) is 13.0. The number of ether oxygens (including phenoxy) is 3. The number of phosphoric acid groups is 2. The van der Waals surface area contributed by atoms with Crippen LogP contribution in [0.5, 0.6) is 0 Å². The highest BCUT2D eigenvalue weighted by molar-refractivity contribution is 8.77. The number of aromatic nitrogens is 6. The van der Waals surface area contributed by atoms with E-state index in [1.54, 1.807) is 17.7 Å². The van der Waals surface area contributed by atoms with E-state index < -0.39 is 89.4 Å². The molecule has 8 N–H and O–H groups in total. The van der Waals surface area contributed by atoms with Gasteiger partial charge in [0.05, 0.1) is 25.5 Å². The van der Waals surface area contributed by atoms with E-state index in [2.05, 4.69) is 24.5 Å². The van der Waals surface area contributed by atoms with Crippen LogP contribution in [0.2, 0.25) is 0 Å². The quantitative estimate of drug-likeness (QED) is 0.0710. The maximum absolute atomic E-state index is 13.4. The number of nitrogens with zero attached hydrogens (tertiary/aromatic N) is 6. The topological polar surface area (TPSA) is 318 Å². The van der Waals surface area contributed by atoms with Crippen LogP contribution < -0.4 is 17.2 Å². The summed E-state index contributed by atoms with van der Waals surface area (Å²) in [5, 5.41) is 11.4. The molecule has 0 aromatic carbocycles. The van der Waals surface area contributed by atoms with Gasteiger partial charge in [-0.3, -0.25) is 27.5 Å². The molecule has 2 fully saturated rings. The molecule has 0 amide bonds. The third-order valence-electron chi connectivity index (χ3n) is 7.67. The number of hydrogen-bond donors (Lipinski definition) is 6. The molecule has 53 heavy (non-hydrogen) atoms. The Labute approximate surface area is 309 Å². The first-order valence-corrected chi connectivity index (χ1v) is 21.2. The number of carbonyl (C=O) groups excluding carboxylic acids is 1. The molecule has 22 nitrogen and oxygen atoms in total. The first-order valence-electron chi connectivity index (χ1n) is 15.8. The van der Waals surface area contributed by atoms with Gasteiger partial charge in [-0.15, -0.1) is 0 Å². The monoisotopic (exact) mass is 826 g/mol. The lowest BCUT2D eigenvalue weighted by molar-refractivity contribution is -0.160. The molecule has 5 heterocycles. The van der Waals surface area contributed by atoms with E-state index >= 15 is 0 Å². The molecule has 3 aromatic heterocycles. The minimum atomic E-state index is -5.11. The minimum Gasteiger partial charge on any atom is -0.456 e. The van der Waals surface area contributed by atoms with Crippen LogP contribution >= 0.6 is 37.2 Å². The molecular weight excluding hydrogens is 786 g/mol. The number of nitrogen functional groups attached to an aromatic ring is 2. The number of carbonyl (C=O) groups is 1. The fraction of sp³-hybridized carbons (Fsp3) is 0.630. The zero-order valence-corrected chi connectivity index (χ0v) is 32.1. The van der Waals surface area contributed by atoms with Crippen molar-refractivity contribution < 1.29 is 61.5 Å². The van der Waals surface area contributed by atoms with Crippen LogP contribution in [0, 0.1) is 5.92 Å². The van der Waals surface area contributed by atoms with Crippen molar-refractivity contribution in [2.75, 3.05) is 30.4 Å². The summed E-state index contributed by atoms with van der Waals surface area (Å²) < 4.78 is 59.7. The second-order valence-electron chi connectivity index (χ2n) is 13.0. The first kappa shape index (κ1) is 41.5. The van der Waals surface area contributed by atoms with Gasteiger partial charge in [0, 0.05) is 23.1 Å². The molecule has 0 aliphatic carbocycles. The van der Waals surface area contributed by atoms with E-state index in [0.717, 1.165) is 4.57 Å². The zero-order chi connectivity index (χ0) is 38.9. The van der Waals surface area contributed by atoms with Crippen molar-refractivity contribution in [1.82, 2.24) is 29.1 Å². The van der Waals surface area contributed by atoms with Gasteiger partial charge in [-0.25, -0.2) is 28.9 Å². The van der Waals surface area contributed by atoms with Crippen LogP contribution in [-0.4, -0.2) is 109 Å². The molecule has 2 saturated heterocycles.